The molecule has 138 valence electrons. The van der Waals surface area contributed by atoms with E-state index >= 15 is 0 Å². The van der Waals surface area contributed by atoms with Crippen LogP contribution in [-0.4, -0.2) is 53.8 Å². The van der Waals surface area contributed by atoms with Gasteiger partial charge in [0, 0.05) is 50.6 Å². The lowest BCUT2D eigenvalue weighted by Crippen LogP contribution is -2.50. The molecule has 26 heavy (non-hydrogen) atoms. The van der Waals surface area contributed by atoms with Gasteiger partial charge in [-0.2, -0.15) is 0 Å². The van der Waals surface area contributed by atoms with Crippen LogP contribution in [0.4, 0.5) is 5.95 Å². The molecule has 0 unspecified atom stereocenters. The van der Waals surface area contributed by atoms with E-state index < -0.39 is 0 Å². The van der Waals surface area contributed by atoms with E-state index in [9.17, 15) is 0 Å². The van der Waals surface area contributed by atoms with E-state index in [1.807, 2.05) is 6.07 Å². The minimum atomic E-state index is 0.275. The Bertz CT molecular complexity index is 681. The van der Waals surface area contributed by atoms with Gasteiger partial charge < -0.3 is 15.0 Å². The lowest BCUT2D eigenvalue weighted by atomic mass is 9.74. The Kier molecular flexibility index (Phi) is 5.46. The molecule has 0 bridgehead atoms. The van der Waals surface area contributed by atoms with Gasteiger partial charge in [-0.25, -0.2) is 9.97 Å². The van der Waals surface area contributed by atoms with Crippen LogP contribution in [0.3, 0.4) is 0 Å². The first-order chi connectivity index (χ1) is 12.8. The average molecular weight is 352 g/mol. The van der Waals surface area contributed by atoms with Gasteiger partial charge in [0.15, 0.2) is 0 Å². The smallest absolute Gasteiger partial charge is 0.222 e. The molecular weight excluding hydrogens is 324 g/mol. The summed E-state index contributed by atoms with van der Waals surface area (Å²) in [6.07, 6.45) is 8.51. The van der Waals surface area contributed by atoms with E-state index in [1.54, 1.807) is 12.4 Å². The number of anilines is 1. The summed E-state index contributed by atoms with van der Waals surface area (Å²) in [4.78, 5) is 11.2. The molecule has 0 aliphatic carbocycles. The van der Waals surface area contributed by atoms with E-state index in [0.29, 0.717) is 6.10 Å². The van der Waals surface area contributed by atoms with Crippen LogP contribution in [0, 0.1) is 5.41 Å². The normalized spacial score (nSPS) is 25.8. The van der Waals surface area contributed by atoms with Crippen LogP contribution in [0.2, 0.25) is 0 Å². The molecule has 2 saturated heterocycles. The van der Waals surface area contributed by atoms with Gasteiger partial charge in [0.2, 0.25) is 5.95 Å². The summed E-state index contributed by atoms with van der Waals surface area (Å²) in [5.74, 6) is 0.719. The molecule has 0 spiro atoms. The molecule has 2 aromatic rings. The van der Waals surface area contributed by atoms with Crippen molar-refractivity contribution in [2.24, 2.45) is 5.41 Å². The first-order valence-corrected chi connectivity index (χ1v) is 9.73. The molecular formula is C21H28N4O. The largest absolute Gasteiger partial charge is 0.378 e. The first kappa shape index (κ1) is 17.4. The number of benzene rings is 1. The molecule has 2 fully saturated rings. The van der Waals surface area contributed by atoms with Crippen LogP contribution < -0.4 is 5.32 Å². The quantitative estimate of drug-likeness (QED) is 0.830. The zero-order chi connectivity index (χ0) is 17.7. The van der Waals surface area contributed by atoms with Gasteiger partial charge in [0.25, 0.3) is 0 Å². The Labute approximate surface area is 155 Å². The Morgan fingerprint density at radius 2 is 2.00 bits per heavy atom. The van der Waals surface area contributed by atoms with Crippen LogP contribution in [0.25, 0.3) is 0 Å². The first-order valence-electron chi connectivity index (χ1n) is 9.73. The van der Waals surface area contributed by atoms with Crippen molar-refractivity contribution < 1.29 is 4.74 Å². The monoisotopic (exact) mass is 352 g/mol. The third kappa shape index (κ3) is 4.05. The Morgan fingerprint density at radius 1 is 1.15 bits per heavy atom. The maximum absolute atomic E-state index is 6.09. The highest BCUT2D eigenvalue weighted by molar-refractivity contribution is 5.22. The molecule has 0 saturated carbocycles. The second-order valence-electron chi connectivity index (χ2n) is 7.52. The lowest BCUT2D eigenvalue weighted by Gasteiger charge is -2.44. The molecule has 0 amide bonds. The van der Waals surface area contributed by atoms with E-state index in [2.05, 4.69) is 50.5 Å². The van der Waals surface area contributed by atoms with Gasteiger partial charge in [-0.3, -0.25) is 0 Å². The SMILES string of the molecule is c1ccc(CCN2CC[C@H]3OCC[C@@]3(CCNc3ncccn3)C2)cc1. The molecule has 3 heterocycles. The van der Waals surface area contributed by atoms with Gasteiger partial charge >= 0.3 is 0 Å². The van der Waals surface area contributed by atoms with Crippen LogP contribution >= 0.6 is 0 Å². The summed E-state index contributed by atoms with van der Waals surface area (Å²) in [6, 6.07) is 12.6. The topological polar surface area (TPSA) is 50.3 Å². The number of piperidine rings is 1. The number of aromatic nitrogens is 2. The fourth-order valence-electron chi connectivity index (χ4n) is 4.44. The molecule has 2 atom stereocenters. The van der Waals surface area contributed by atoms with Gasteiger partial charge in [0.05, 0.1) is 6.10 Å². The van der Waals surface area contributed by atoms with Crippen LogP contribution in [0.15, 0.2) is 48.8 Å². The molecule has 5 nitrogen and oxygen atoms in total. The molecule has 2 aliphatic heterocycles. The van der Waals surface area contributed by atoms with E-state index in [4.69, 9.17) is 4.74 Å². The molecule has 0 radical (unpaired) electrons. The highest BCUT2D eigenvalue weighted by Crippen LogP contribution is 2.43. The molecule has 5 heteroatoms. The average Bonchev–Trinajstić information content (AvgIpc) is 3.11. The molecule has 1 aromatic heterocycles. The minimum absolute atomic E-state index is 0.275. The van der Waals surface area contributed by atoms with Crippen molar-refractivity contribution in [2.75, 3.05) is 38.1 Å². The summed E-state index contributed by atoms with van der Waals surface area (Å²) in [7, 11) is 0. The van der Waals surface area contributed by atoms with E-state index in [-0.39, 0.29) is 5.41 Å². The molecule has 1 aromatic carbocycles. The third-order valence-electron chi connectivity index (χ3n) is 5.88. The highest BCUT2D eigenvalue weighted by atomic mass is 16.5. The maximum Gasteiger partial charge on any atom is 0.222 e. The minimum Gasteiger partial charge on any atom is -0.378 e. The highest BCUT2D eigenvalue weighted by Gasteiger charge is 2.47. The van der Waals surface area contributed by atoms with Crippen LogP contribution in [0.5, 0.6) is 0 Å². The standard InChI is InChI=1S/C21H28N4O/c1-2-5-18(6-3-1)7-14-25-15-8-19-21(17-25,10-16-26-19)9-13-24-20-22-11-4-12-23-20/h1-6,11-12,19H,7-10,13-17H2,(H,22,23,24)/t19-,21+/m1/s1. The summed E-state index contributed by atoms with van der Waals surface area (Å²) in [5, 5.41) is 3.38. The second kappa shape index (κ2) is 8.14. The van der Waals surface area contributed by atoms with Crippen molar-refractivity contribution in [3.8, 4) is 0 Å². The Balaban J connectivity index is 1.33. The summed E-state index contributed by atoms with van der Waals surface area (Å²) in [6.45, 7) is 5.22. The van der Waals surface area contributed by atoms with Crippen molar-refractivity contribution >= 4 is 5.95 Å². The van der Waals surface area contributed by atoms with Gasteiger partial charge in [-0.15, -0.1) is 0 Å². The fourth-order valence-corrected chi connectivity index (χ4v) is 4.44. The fraction of sp³-hybridized carbons (Fsp3) is 0.524. The number of nitrogens with one attached hydrogen (secondary N) is 1. The number of rotatable bonds is 7. The van der Waals surface area contributed by atoms with Crippen LogP contribution in [0.1, 0.15) is 24.8 Å². The molecule has 4 rings (SSSR count). The van der Waals surface area contributed by atoms with Crippen molar-refractivity contribution in [1.29, 1.82) is 0 Å². The second-order valence-corrected chi connectivity index (χ2v) is 7.52. The molecule has 1 N–H and O–H groups in total. The van der Waals surface area contributed by atoms with E-state index in [0.717, 1.165) is 64.4 Å². The Morgan fingerprint density at radius 3 is 2.85 bits per heavy atom. The van der Waals surface area contributed by atoms with E-state index in [1.165, 1.54) is 5.56 Å². The number of nitrogens with zero attached hydrogens (tertiary/aromatic N) is 3. The van der Waals surface area contributed by atoms with Crippen molar-refractivity contribution in [3.63, 3.8) is 0 Å². The zero-order valence-electron chi connectivity index (χ0n) is 15.3. The van der Waals surface area contributed by atoms with Gasteiger partial charge in [0.1, 0.15) is 0 Å². The summed E-state index contributed by atoms with van der Waals surface area (Å²) < 4.78 is 6.09. The number of hydrogen-bond donors (Lipinski definition) is 1. The lowest BCUT2D eigenvalue weighted by molar-refractivity contribution is -0.0199. The zero-order valence-corrected chi connectivity index (χ0v) is 15.3. The summed E-state index contributed by atoms with van der Waals surface area (Å²) >= 11 is 0. The van der Waals surface area contributed by atoms with Gasteiger partial charge in [-0.1, -0.05) is 30.3 Å². The predicted octanol–water partition coefficient (Wildman–Crippen LogP) is 3.00. The maximum atomic E-state index is 6.09. The van der Waals surface area contributed by atoms with Crippen molar-refractivity contribution in [2.45, 2.75) is 31.8 Å². The van der Waals surface area contributed by atoms with Crippen LogP contribution in [-0.2, 0) is 11.2 Å². The third-order valence-corrected chi connectivity index (χ3v) is 5.88. The Hall–Kier alpha value is -1.98. The predicted molar refractivity (Wildman–Crippen MR) is 103 cm³/mol. The number of fused-ring (bicyclic) bond motifs is 1. The van der Waals surface area contributed by atoms with Crippen molar-refractivity contribution in [1.82, 2.24) is 14.9 Å². The number of hydrogen-bond acceptors (Lipinski definition) is 5. The number of likely N-dealkylation sites (tertiary alicyclic amines) is 1. The molecule has 2 aliphatic rings. The summed E-state index contributed by atoms with van der Waals surface area (Å²) in [5.41, 5.74) is 1.70. The number of ether oxygens (including phenoxy) is 1. The van der Waals surface area contributed by atoms with Crippen molar-refractivity contribution in [3.05, 3.63) is 54.4 Å². The van der Waals surface area contributed by atoms with Gasteiger partial charge in [-0.05, 0) is 37.3 Å².